The van der Waals surface area contributed by atoms with Crippen molar-refractivity contribution in [1.29, 1.82) is 0 Å². The number of amides is 1. The largest absolute Gasteiger partial charge is 0.490 e. The molecule has 8 nitrogen and oxygen atoms in total. The van der Waals surface area contributed by atoms with Crippen molar-refractivity contribution in [2.75, 3.05) is 26.4 Å². The van der Waals surface area contributed by atoms with E-state index in [0.29, 0.717) is 26.4 Å². The van der Waals surface area contributed by atoms with Gasteiger partial charge in [-0.25, -0.2) is 4.79 Å². The highest BCUT2D eigenvalue weighted by atomic mass is 19.4. The smallest absolute Gasteiger partial charge is 0.475 e. The number of likely N-dealkylation sites (tertiary alicyclic amines) is 1. The molecule has 3 fully saturated rings. The molecule has 4 rings (SSSR count). The Morgan fingerprint density at radius 1 is 1.25 bits per heavy atom. The molecule has 1 unspecified atom stereocenters. The van der Waals surface area contributed by atoms with Gasteiger partial charge < -0.3 is 24.2 Å². The minimum absolute atomic E-state index is 0.0549. The van der Waals surface area contributed by atoms with Crippen LogP contribution >= 0.6 is 0 Å². The van der Waals surface area contributed by atoms with E-state index in [9.17, 15) is 18.0 Å². The summed E-state index contributed by atoms with van der Waals surface area (Å²) in [5.41, 5.74) is 1.08. The molecule has 178 valence electrons. The summed E-state index contributed by atoms with van der Waals surface area (Å²) in [5.74, 6) is -2.44. The molecule has 0 saturated carbocycles. The lowest BCUT2D eigenvalue weighted by Gasteiger charge is -2.36. The van der Waals surface area contributed by atoms with Gasteiger partial charge in [0.15, 0.2) is 0 Å². The van der Waals surface area contributed by atoms with Crippen molar-refractivity contribution in [2.45, 2.75) is 56.7 Å². The van der Waals surface area contributed by atoms with Gasteiger partial charge in [-0.2, -0.15) is 13.2 Å². The predicted molar refractivity (Wildman–Crippen MR) is 105 cm³/mol. The van der Waals surface area contributed by atoms with Crippen LogP contribution in [0, 0.1) is 5.92 Å². The van der Waals surface area contributed by atoms with Crippen LogP contribution in [-0.2, 0) is 30.4 Å². The van der Waals surface area contributed by atoms with Crippen LogP contribution in [0.3, 0.4) is 0 Å². The van der Waals surface area contributed by atoms with Crippen LogP contribution in [0.5, 0.6) is 0 Å². The molecule has 1 aromatic rings. The Hall–Kier alpha value is -2.24. The number of hydrogen-bond donors (Lipinski definition) is 1. The monoisotopic (exact) mass is 460 g/mol. The fourth-order valence-electron chi connectivity index (χ4n) is 4.15. The molecule has 0 bridgehead atoms. The first-order valence-corrected chi connectivity index (χ1v) is 10.6. The Labute approximate surface area is 183 Å². The van der Waals surface area contributed by atoms with Gasteiger partial charge in [-0.05, 0) is 37.3 Å². The van der Waals surface area contributed by atoms with Crippen LogP contribution in [0.1, 0.15) is 31.2 Å². The zero-order valence-corrected chi connectivity index (χ0v) is 17.5. The summed E-state index contributed by atoms with van der Waals surface area (Å²) >= 11 is 0. The van der Waals surface area contributed by atoms with Crippen LogP contribution in [0.25, 0.3) is 0 Å². The van der Waals surface area contributed by atoms with Gasteiger partial charge in [-0.3, -0.25) is 9.78 Å². The van der Waals surface area contributed by atoms with E-state index in [2.05, 4.69) is 9.88 Å². The number of nitrogens with zero attached hydrogens (tertiary/aromatic N) is 2. The van der Waals surface area contributed by atoms with Crippen molar-refractivity contribution in [3.05, 3.63) is 30.1 Å². The van der Waals surface area contributed by atoms with E-state index in [1.165, 1.54) is 0 Å². The third-order valence-electron chi connectivity index (χ3n) is 5.74. The number of aromatic nitrogens is 1. The number of carbonyl (C=O) groups is 2. The summed E-state index contributed by atoms with van der Waals surface area (Å²) in [6, 6.07) is 4.17. The molecule has 1 amide bonds. The SMILES string of the molecule is O=C(C1CCOC1)N1CC[C@@H]2O[C@H](COCc3cccnc3)CC[C@@H]21.O=C(O)C(F)(F)F. The van der Waals surface area contributed by atoms with Crippen LogP contribution < -0.4 is 0 Å². The van der Waals surface area contributed by atoms with Crippen molar-refractivity contribution in [3.8, 4) is 0 Å². The maximum absolute atomic E-state index is 12.7. The van der Waals surface area contributed by atoms with E-state index in [0.717, 1.165) is 37.8 Å². The molecule has 32 heavy (non-hydrogen) atoms. The van der Waals surface area contributed by atoms with Crippen molar-refractivity contribution in [2.24, 2.45) is 5.92 Å². The normalized spacial score (nSPS) is 27.4. The topological polar surface area (TPSA) is 98.2 Å². The first kappa shape index (κ1) is 24.4. The number of carboxylic acid groups (broad SMARTS) is 1. The maximum Gasteiger partial charge on any atom is 0.490 e. The first-order chi connectivity index (χ1) is 15.3. The van der Waals surface area contributed by atoms with E-state index >= 15 is 0 Å². The van der Waals surface area contributed by atoms with Gasteiger partial charge >= 0.3 is 12.1 Å². The molecule has 0 aliphatic carbocycles. The van der Waals surface area contributed by atoms with Crippen molar-refractivity contribution in [3.63, 3.8) is 0 Å². The Morgan fingerprint density at radius 3 is 2.66 bits per heavy atom. The molecule has 3 saturated heterocycles. The fraction of sp³-hybridized carbons (Fsp3) is 0.667. The van der Waals surface area contributed by atoms with Crippen molar-refractivity contribution in [1.82, 2.24) is 9.88 Å². The van der Waals surface area contributed by atoms with E-state index in [-0.39, 0.29) is 30.1 Å². The summed E-state index contributed by atoms with van der Waals surface area (Å²) in [7, 11) is 0. The number of rotatable bonds is 5. The second kappa shape index (κ2) is 11.1. The van der Waals surface area contributed by atoms with Gasteiger partial charge in [-0.1, -0.05) is 6.07 Å². The zero-order valence-electron chi connectivity index (χ0n) is 17.5. The molecular weight excluding hydrogens is 433 g/mol. The zero-order chi connectivity index (χ0) is 23.1. The number of halogens is 3. The molecule has 4 heterocycles. The van der Waals surface area contributed by atoms with Crippen LogP contribution in [0.4, 0.5) is 13.2 Å². The first-order valence-electron chi connectivity index (χ1n) is 10.6. The van der Waals surface area contributed by atoms with E-state index in [1.54, 1.807) is 6.20 Å². The molecule has 1 aromatic heterocycles. The van der Waals surface area contributed by atoms with Gasteiger partial charge in [0.25, 0.3) is 0 Å². The number of pyridine rings is 1. The third-order valence-corrected chi connectivity index (χ3v) is 5.74. The number of ether oxygens (including phenoxy) is 3. The maximum atomic E-state index is 12.7. The van der Waals surface area contributed by atoms with E-state index in [1.807, 2.05) is 18.3 Å². The lowest BCUT2D eigenvalue weighted by Crippen LogP contribution is -2.47. The summed E-state index contributed by atoms with van der Waals surface area (Å²) in [6.45, 7) is 3.27. The average molecular weight is 460 g/mol. The second-order valence-electron chi connectivity index (χ2n) is 8.00. The molecule has 11 heteroatoms. The second-order valence-corrected chi connectivity index (χ2v) is 8.00. The molecule has 0 aromatic carbocycles. The van der Waals surface area contributed by atoms with E-state index < -0.39 is 12.1 Å². The number of carbonyl (C=O) groups excluding carboxylic acids is 1. The Kier molecular flexibility index (Phi) is 8.44. The summed E-state index contributed by atoms with van der Waals surface area (Å²) in [5, 5.41) is 7.12. The lowest BCUT2D eigenvalue weighted by atomic mass is 9.98. The molecule has 0 spiro atoms. The number of hydrogen-bond acceptors (Lipinski definition) is 6. The summed E-state index contributed by atoms with van der Waals surface area (Å²) in [6.07, 6.45) is 2.53. The van der Waals surface area contributed by atoms with Gasteiger partial charge in [0.1, 0.15) is 0 Å². The lowest BCUT2D eigenvalue weighted by molar-refractivity contribution is -0.192. The van der Waals surface area contributed by atoms with Crippen LogP contribution in [-0.4, -0.2) is 77.7 Å². The molecule has 3 aliphatic rings. The summed E-state index contributed by atoms with van der Waals surface area (Å²) < 4.78 is 49.1. The van der Waals surface area contributed by atoms with Gasteiger partial charge in [0, 0.05) is 25.5 Å². The molecule has 3 aliphatic heterocycles. The highest BCUT2D eigenvalue weighted by Crippen LogP contribution is 2.33. The minimum atomic E-state index is -5.08. The number of fused-ring (bicyclic) bond motifs is 1. The highest BCUT2D eigenvalue weighted by Gasteiger charge is 2.43. The Bertz CT molecular complexity index is 758. The van der Waals surface area contributed by atoms with Gasteiger partial charge in [0.2, 0.25) is 5.91 Å². The van der Waals surface area contributed by atoms with Crippen molar-refractivity contribution < 1.29 is 42.1 Å². The quantitative estimate of drug-likeness (QED) is 0.721. The molecular formula is C21H27F3N2O6. The molecule has 0 radical (unpaired) electrons. The Balaban J connectivity index is 0.000000360. The predicted octanol–water partition coefficient (Wildman–Crippen LogP) is 2.42. The molecule has 4 atom stereocenters. The van der Waals surface area contributed by atoms with Crippen molar-refractivity contribution >= 4 is 11.9 Å². The van der Waals surface area contributed by atoms with Crippen LogP contribution in [0.2, 0.25) is 0 Å². The highest BCUT2D eigenvalue weighted by molar-refractivity contribution is 5.80. The van der Waals surface area contributed by atoms with Crippen LogP contribution in [0.15, 0.2) is 24.5 Å². The van der Waals surface area contributed by atoms with Gasteiger partial charge in [-0.15, -0.1) is 0 Å². The van der Waals surface area contributed by atoms with Gasteiger partial charge in [0.05, 0.1) is 44.0 Å². The summed E-state index contributed by atoms with van der Waals surface area (Å²) in [4.78, 5) is 27.7. The minimum Gasteiger partial charge on any atom is -0.475 e. The number of carboxylic acids is 1. The third kappa shape index (κ3) is 6.63. The van der Waals surface area contributed by atoms with E-state index in [4.69, 9.17) is 24.1 Å². The standard InChI is InChI=1S/C19H26N2O4.C2HF3O2/c22-19(15-6-9-23-12-15)21-8-5-18-17(21)4-3-16(25-18)13-24-11-14-2-1-7-20-10-14;3-2(4,5)1(6)7/h1-2,7,10,15-18H,3-6,8-9,11-13H2;(H,6,7)/t15?,16-,17-,18-;/m0./s1. The average Bonchev–Trinajstić information content (AvgIpc) is 3.44. The Morgan fingerprint density at radius 2 is 2.03 bits per heavy atom. The number of aliphatic carboxylic acids is 1. The fourth-order valence-corrected chi connectivity index (χ4v) is 4.15. The molecule has 1 N–H and O–H groups in total. The number of alkyl halides is 3.